The van der Waals surface area contributed by atoms with E-state index in [1.807, 2.05) is 0 Å². The molecule has 0 aliphatic heterocycles. The molecule has 0 saturated carbocycles. The van der Waals surface area contributed by atoms with E-state index >= 15 is 0 Å². The maximum Gasteiger partial charge on any atom is 0.459 e. The third-order valence-electron chi connectivity index (χ3n) is 3.57. The lowest BCUT2D eigenvalue weighted by Crippen LogP contribution is -2.39. The largest absolute Gasteiger partial charge is 0.459 e. The minimum Gasteiger partial charge on any atom is -0.442 e. The Balaban J connectivity index is 2.43. The van der Waals surface area contributed by atoms with Gasteiger partial charge in [-0.05, 0) is 22.2 Å². The molecule has 9 nitrogen and oxygen atoms in total. The second-order valence-corrected chi connectivity index (χ2v) is 9.51. The zero-order valence-corrected chi connectivity index (χ0v) is 17.3. The highest BCUT2D eigenvalue weighted by Gasteiger charge is 2.38. The van der Waals surface area contributed by atoms with Crippen LogP contribution in [0.25, 0.3) is 0 Å². The minimum atomic E-state index is -4.89. The molecule has 0 aromatic heterocycles. The molecule has 0 heterocycles. The highest BCUT2D eigenvalue weighted by Crippen LogP contribution is 2.25. The van der Waals surface area contributed by atoms with Crippen LogP contribution in [0.5, 0.6) is 0 Å². The molecule has 156 valence electrons. The summed E-state index contributed by atoms with van der Waals surface area (Å²) in [6.45, 7) is 1.11. The van der Waals surface area contributed by atoms with Gasteiger partial charge in [0.15, 0.2) is 9.84 Å². The van der Waals surface area contributed by atoms with E-state index in [4.69, 9.17) is 4.74 Å². The van der Waals surface area contributed by atoms with Crippen molar-refractivity contribution in [3.8, 4) is 0 Å². The lowest BCUT2D eigenvalue weighted by molar-refractivity contribution is -0.164. The Kier molecular flexibility index (Phi) is 6.98. The molecule has 29 heavy (non-hydrogen) atoms. The van der Waals surface area contributed by atoms with Gasteiger partial charge in [0.05, 0.1) is 4.90 Å². The van der Waals surface area contributed by atoms with Crippen molar-refractivity contribution in [3.63, 3.8) is 0 Å². The molecule has 11 heteroatoms. The molecular weight excluding hydrogens is 422 g/mol. The van der Waals surface area contributed by atoms with Gasteiger partial charge in [-0.3, -0.25) is 0 Å². The Labute approximate surface area is 168 Å². The average Bonchev–Trinajstić information content (AvgIpc) is 2.70. The molecule has 0 atom stereocenters. The van der Waals surface area contributed by atoms with Crippen LogP contribution in [-0.2, 0) is 40.8 Å². The van der Waals surface area contributed by atoms with Crippen molar-refractivity contribution in [2.24, 2.45) is 0 Å². The van der Waals surface area contributed by atoms with E-state index in [-0.39, 0.29) is 17.5 Å². The number of sulfone groups is 1. The summed E-state index contributed by atoms with van der Waals surface area (Å²) in [5.41, 5.74) is 0.566. The van der Waals surface area contributed by atoms with E-state index < -0.39 is 41.7 Å². The number of hydrogen-bond donors (Lipinski definition) is 0. The first kappa shape index (κ1) is 22.4. The van der Waals surface area contributed by atoms with Crippen LogP contribution in [0.4, 0.5) is 4.79 Å². The first-order valence-electron chi connectivity index (χ1n) is 8.33. The molecule has 0 bridgehead atoms. The number of ether oxygens (including phenoxy) is 1. The summed E-state index contributed by atoms with van der Waals surface area (Å²) in [4.78, 5) is 27.6. The van der Waals surface area contributed by atoms with Crippen LogP contribution in [0.1, 0.15) is 18.9 Å². The van der Waals surface area contributed by atoms with Crippen molar-refractivity contribution in [2.45, 2.75) is 29.7 Å². The monoisotopic (exact) mass is 441 g/mol. The molecule has 2 rings (SSSR count). The van der Waals surface area contributed by atoms with E-state index in [1.165, 1.54) is 19.1 Å². The molecule has 0 spiro atoms. The van der Waals surface area contributed by atoms with Crippen molar-refractivity contribution >= 4 is 31.9 Å². The number of hydrogen-bond acceptors (Lipinski definition) is 8. The lowest BCUT2D eigenvalue weighted by atomic mass is 10.2. The summed E-state index contributed by atoms with van der Waals surface area (Å²) in [6.07, 6.45) is -0.901. The zero-order chi connectivity index (χ0) is 21.7. The fraction of sp³-hybridized carbons (Fsp3) is 0.222. The van der Waals surface area contributed by atoms with E-state index in [2.05, 4.69) is 4.84 Å². The van der Waals surface area contributed by atoms with Gasteiger partial charge >= 0.3 is 22.1 Å². The lowest BCUT2D eigenvalue weighted by Gasteiger charge is -2.21. The number of carbonyl (C=O) groups is 2. The van der Waals surface area contributed by atoms with E-state index in [0.717, 1.165) is 18.4 Å². The van der Waals surface area contributed by atoms with Gasteiger partial charge in [-0.25, -0.2) is 18.0 Å². The average molecular weight is 441 g/mol. The van der Waals surface area contributed by atoms with Gasteiger partial charge in [-0.1, -0.05) is 49.4 Å². The molecule has 1 amide bonds. The Hall–Kier alpha value is -2.92. The zero-order valence-electron chi connectivity index (χ0n) is 15.6. The maximum absolute atomic E-state index is 13.0. The van der Waals surface area contributed by atoms with Gasteiger partial charge in [0.25, 0.3) is 0 Å². The molecule has 0 unspecified atom stereocenters. The van der Waals surface area contributed by atoms with Crippen LogP contribution in [0.3, 0.4) is 0 Å². The van der Waals surface area contributed by atoms with Crippen LogP contribution in [0.15, 0.2) is 64.4 Å². The van der Waals surface area contributed by atoms with Gasteiger partial charge in [0, 0.05) is 12.7 Å². The van der Waals surface area contributed by atoms with Crippen molar-refractivity contribution in [1.82, 2.24) is 4.47 Å². The second-order valence-electron chi connectivity index (χ2n) is 5.81. The topological polar surface area (TPSA) is 124 Å². The third-order valence-corrected chi connectivity index (χ3v) is 6.43. The fourth-order valence-corrected chi connectivity index (χ4v) is 4.88. The number of sulfonamides is 1. The summed E-state index contributed by atoms with van der Waals surface area (Å²) in [5.74, 6) is -1.03. The van der Waals surface area contributed by atoms with Gasteiger partial charge in [0.2, 0.25) is 0 Å². The third kappa shape index (κ3) is 5.55. The molecule has 0 aliphatic rings. The Morgan fingerprint density at radius 3 is 2.00 bits per heavy atom. The molecule has 0 saturated heterocycles. The molecular formula is C18H19NO8S2. The molecule has 0 aliphatic carbocycles. The standard InChI is InChI=1S/C18H19NO8S2/c1-3-17(20)27-19(18(21)26-13-14-9-5-4-6-10-14)29(24,25)16-12-8-7-11-15(16)28(2,22)23/h4-12H,3,13H2,1-2H3. The molecule has 0 radical (unpaired) electrons. The van der Waals surface area contributed by atoms with Crippen molar-refractivity contribution in [1.29, 1.82) is 0 Å². The van der Waals surface area contributed by atoms with E-state index in [9.17, 15) is 26.4 Å². The Morgan fingerprint density at radius 1 is 0.897 bits per heavy atom. The first-order valence-corrected chi connectivity index (χ1v) is 11.7. The summed E-state index contributed by atoms with van der Waals surface area (Å²) in [7, 11) is -8.85. The summed E-state index contributed by atoms with van der Waals surface area (Å²) in [6, 6.07) is 13.1. The highest BCUT2D eigenvalue weighted by molar-refractivity contribution is 7.93. The SMILES string of the molecule is CCC(=O)ON(C(=O)OCc1ccccc1)S(=O)(=O)c1ccccc1S(C)(=O)=O. The second kappa shape index (κ2) is 9.05. The van der Waals surface area contributed by atoms with E-state index in [1.54, 1.807) is 30.3 Å². The Morgan fingerprint density at radius 2 is 1.45 bits per heavy atom. The van der Waals surface area contributed by atoms with Crippen LogP contribution < -0.4 is 0 Å². The van der Waals surface area contributed by atoms with E-state index in [0.29, 0.717) is 5.56 Å². The summed E-state index contributed by atoms with van der Waals surface area (Å²) in [5, 5.41) is 0. The van der Waals surface area contributed by atoms with Gasteiger partial charge in [0.1, 0.15) is 11.5 Å². The number of hydroxylamine groups is 1. The number of amides is 1. The quantitative estimate of drug-likeness (QED) is 0.626. The van der Waals surface area contributed by atoms with Gasteiger partial charge in [-0.2, -0.15) is 8.42 Å². The van der Waals surface area contributed by atoms with Crippen molar-refractivity contribution in [3.05, 3.63) is 60.2 Å². The summed E-state index contributed by atoms with van der Waals surface area (Å²) < 4.78 is 54.6. The fourth-order valence-electron chi connectivity index (χ4n) is 2.17. The highest BCUT2D eigenvalue weighted by atomic mass is 32.2. The predicted octanol–water partition coefficient (Wildman–Crippen LogP) is 2.29. The summed E-state index contributed by atoms with van der Waals surface area (Å²) >= 11 is 0. The minimum absolute atomic E-state index is 0.230. The van der Waals surface area contributed by atoms with Crippen LogP contribution in [-0.4, -0.2) is 39.6 Å². The molecule has 2 aromatic rings. The molecule has 2 aromatic carbocycles. The van der Waals surface area contributed by atoms with Crippen LogP contribution in [0.2, 0.25) is 0 Å². The van der Waals surface area contributed by atoms with Crippen molar-refractivity contribution in [2.75, 3.05) is 6.26 Å². The Bertz CT molecular complexity index is 1100. The first-order chi connectivity index (χ1) is 13.6. The van der Waals surface area contributed by atoms with Crippen LogP contribution >= 0.6 is 0 Å². The van der Waals surface area contributed by atoms with Crippen LogP contribution in [0, 0.1) is 0 Å². The number of rotatable bonds is 6. The van der Waals surface area contributed by atoms with Crippen molar-refractivity contribution < 1.29 is 36.0 Å². The number of nitrogens with zero attached hydrogens (tertiary/aromatic N) is 1. The smallest absolute Gasteiger partial charge is 0.442 e. The van der Waals surface area contributed by atoms with Gasteiger partial charge < -0.3 is 9.57 Å². The van der Waals surface area contributed by atoms with Gasteiger partial charge in [-0.15, -0.1) is 0 Å². The maximum atomic E-state index is 13.0. The predicted molar refractivity (Wildman–Crippen MR) is 102 cm³/mol. The normalized spacial score (nSPS) is 11.5. The number of carbonyl (C=O) groups excluding carboxylic acids is 2. The molecule has 0 fully saturated rings. The number of benzene rings is 2. The molecule has 0 N–H and O–H groups in total.